The summed E-state index contributed by atoms with van der Waals surface area (Å²) in [6, 6.07) is 11.3. The fourth-order valence-electron chi connectivity index (χ4n) is 5.34. The third-order valence-corrected chi connectivity index (χ3v) is 8.25. The summed E-state index contributed by atoms with van der Waals surface area (Å²) in [5.41, 5.74) is 2.89. The van der Waals surface area contributed by atoms with E-state index in [0.29, 0.717) is 18.0 Å². The standard InChI is InChI=1S/C24H29F2N7O2S/c25-24(26)14-29-12-9-19(24)13-18-5-6-20(21(22(18)36(27,34)35)23-30-32-33-31-23)17-3-1-15(2-4-17)16-7-10-28-11-8-16/h1-6,16,19,28-29H,7-14H2,(H2,27,34,35)(H,30,31,32,33). The molecular weight excluding hydrogens is 488 g/mol. The minimum Gasteiger partial charge on any atom is -0.317 e. The Morgan fingerprint density at radius 3 is 2.36 bits per heavy atom. The maximum Gasteiger partial charge on any atom is 0.263 e. The maximum atomic E-state index is 14.6. The van der Waals surface area contributed by atoms with E-state index in [1.165, 1.54) is 5.56 Å². The van der Waals surface area contributed by atoms with Gasteiger partial charge in [0.2, 0.25) is 15.8 Å². The van der Waals surface area contributed by atoms with Gasteiger partial charge in [0.05, 0.1) is 17.0 Å². The Kier molecular flexibility index (Phi) is 6.86. The van der Waals surface area contributed by atoms with E-state index in [1.807, 2.05) is 24.3 Å². The highest BCUT2D eigenvalue weighted by molar-refractivity contribution is 7.89. The lowest BCUT2D eigenvalue weighted by molar-refractivity contribution is -0.0729. The van der Waals surface area contributed by atoms with Crippen LogP contribution >= 0.6 is 0 Å². The van der Waals surface area contributed by atoms with Gasteiger partial charge in [-0.25, -0.2) is 22.3 Å². The number of halogens is 2. The fraction of sp³-hybridized carbons (Fsp3) is 0.458. The minimum absolute atomic E-state index is 0.0374. The summed E-state index contributed by atoms with van der Waals surface area (Å²) in [5.74, 6) is -3.49. The summed E-state index contributed by atoms with van der Waals surface area (Å²) in [5, 5.41) is 25.7. The monoisotopic (exact) mass is 517 g/mol. The molecule has 5 N–H and O–H groups in total. The van der Waals surface area contributed by atoms with Crippen molar-refractivity contribution in [1.29, 1.82) is 0 Å². The topological polar surface area (TPSA) is 139 Å². The minimum atomic E-state index is -4.32. The molecule has 1 unspecified atom stereocenters. The zero-order valence-electron chi connectivity index (χ0n) is 19.7. The number of alkyl halides is 2. The van der Waals surface area contributed by atoms with Gasteiger partial charge in [-0.3, -0.25) is 0 Å². The molecule has 0 saturated carbocycles. The average molecular weight is 518 g/mol. The summed E-state index contributed by atoms with van der Waals surface area (Å²) in [6.07, 6.45) is 2.19. The molecule has 1 aromatic heterocycles. The smallest absolute Gasteiger partial charge is 0.263 e. The molecule has 0 aliphatic carbocycles. The van der Waals surface area contributed by atoms with Crippen molar-refractivity contribution < 1.29 is 17.2 Å². The number of nitrogens with zero attached hydrogens (tertiary/aromatic N) is 3. The van der Waals surface area contributed by atoms with E-state index in [2.05, 4.69) is 31.3 Å². The van der Waals surface area contributed by atoms with Gasteiger partial charge in [0.1, 0.15) is 0 Å². The van der Waals surface area contributed by atoms with Gasteiger partial charge in [-0.05, 0) is 78.7 Å². The lowest BCUT2D eigenvalue weighted by Crippen LogP contribution is -2.46. The van der Waals surface area contributed by atoms with Crippen molar-refractivity contribution in [1.82, 2.24) is 31.3 Å². The molecule has 9 nitrogen and oxygen atoms in total. The Hall–Kier alpha value is -2.80. The summed E-state index contributed by atoms with van der Waals surface area (Å²) in [6.45, 7) is 1.94. The van der Waals surface area contributed by atoms with Gasteiger partial charge in [-0.15, -0.1) is 10.2 Å². The Bertz CT molecular complexity index is 1310. The molecule has 1 atom stereocenters. The largest absolute Gasteiger partial charge is 0.317 e. The Morgan fingerprint density at radius 2 is 1.72 bits per heavy atom. The first-order chi connectivity index (χ1) is 17.2. The van der Waals surface area contributed by atoms with Crippen LogP contribution in [0.5, 0.6) is 0 Å². The summed E-state index contributed by atoms with van der Waals surface area (Å²) in [4.78, 5) is -0.238. The van der Waals surface area contributed by atoms with Gasteiger partial charge in [0.15, 0.2) is 0 Å². The van der Waals surface area contributed by atoms with Gasteiger partial charge in [-0.1, -0.05) is 36.4 Å². The van der Waals surface area contributed by atoms with Crippen molar-refractivity contribution in [2.75, 3.05) is 26.2 Å². The summed E-state index contributed by atoms with van der Waals surface area (Å²) >= 11 is 0. The second kappa shape index (κ2) is 9.92. The molecule has 3 heterocycles. The van der Waals surface area contributed by atoms with E-state index in [9.17, 15) is 17.2 Å². The number of aromatic amines is 1. The first-order valence-electron chi connectivity index (χ1n) is 12.1. The van der Waals surface area contributed by atoms with Crippen LogP contribution in [-0.2, 0) is 16.4 Å². The number of H-pyrrole nitrogens is 1. The molecule has 5 rings (SSSR count). The quantitative estimate of drug-likeness (QED) is 0.394. The van der Waals surface area contributed by atoms with Crippen LogP contribution in [0.25, 0.3) is 22.5 Å². The average Bonchev–Trinajstić information content (AvgIpc) is 3.40. The molecule has 2 fully saturated rings. The molecule has 0 bridgehead atoms. The number of piperidine rings is 2. The number of benzene rings is 2. The number of aromatic nitrogens is 4. The van der Waals surface area contributed by atoms with Crippen LogP contribution in [0, 0.1) is 5.92 Å². The molecule has 0 spiro atoms. The van der Waals surface area contributed by atoms with E-state index < -0.39 is 28.4 Å². The molecular formula is C24H29F2N7O2S. The van der Waals surface area contributed by atoms with Crippen LogP contribution in [0.1, 0.15) is 36.3 Å². The van der Waals surface area contributed by atoms with Crippen LogP contribution in [0.2, 0.25) is 0 Å². The Morgan fingerprint density at radius 1 is 1.00 bits per heavy atom. The van der Waals surface area contributed by atoms with Crippen molar-refractivity contribution >= 4 is 10.0 Å². The first kappa shape index (κ1) is 24.9. The van der Waals surface area contributed by atoms with E-state index in [1.54, 1.807) is 12.1 Å². The summed E-state index contributed by atoms with van der Waals surface area (Å²) in [7, 11) is -4.32. The molecule has 36 heavy (non-hydrogen) atoms. The van der Waals surface area contributed by atoms with Crippen LogP contribution < -0.4 is 15.8 Å². The number of hydrogen-bond donors (Lipinski definition) is 4. The predicted octanol–water partition coefficient (Wildman–Crippen LogP) is 2.44. The molecule has 192 valence electrons. The lowest BCUT2D eigenvalue weighted by Gasteiger charge is -2.32. The lowest BCUT2D eigenvalue weighted by atomic mass is 9.85. The third-order valence-electron chi connectivity index (χ3n) is 7.22. The molecule has 3 aromatic rings. The van der Waals surface area contributed by atoms with Crippen LogP contribution in [0.15, 0.2) is 41.3 Å². The number of sulfonamides is 1. The number of nitrogens with one attached hydrogen (secondary N) is 3. The SMILES string of the molecule is NS(=O)(=O)c1c(CC2CCNCC2(F)F)ccc(-c2ccc(C3CCNCC3)cc2)c1-c1nn[nH]n1. The van der Waals surface area contributed by atoms with Crippen LogP contribution in [-0.4, -0.2) is 61.1 Å². The number of tetrazole rings is 1. The van der Waals surface area contributed by atoms with E-state index in [0.717, 1.165) is 31.5 Å². The van der Waals surface area contributed by atoms with Crippen molar-refractivity contribution in [3.8, 4) is 22.5 Å². The van der Waals surface area contributed by atoms with Gasteiger partial charge < -0.3 is 10.6 Å². The second-order valence-electron chi connectivity index (χ2n) is 9.53. The molecule has 12 heteroatoms. The zero-order chi connectivity index (χ0) is 25.3. The highest BCUT2D eigenvalue weighted by Crippen LogP contribution is 2.40. The zero-order valence-corrected chi connectivity index (χ0v) is 20.5. The van der Waals surface area contributed by atoms with Crippen LogP contribution in [0.3, 0.4) is 0 Å². The van der Waals surface area contributed by atoms with Gasteiger partial charge in [0, 0.05) is 5.92 Å². The van der Waals surface area contributed by atoms with Crippen molar-refractivity contribution in [2.24, 2.45) is 11.1 Å². The molecule has 2 aliphatic rings. The van der Waals surface area contributed by atoms with Gasteiger partial charge >= 0.3 is 0 Å². The molecule has 2 aromatic carbocycles. The second-order valence-corrected chi connectivity index (χ2v) is 11.0. The van der Waals surface area contributed by atoms with E-state index >= 15 is 0 Å². The highest BCUT2D eigenvalue weighted by Gasteiger charge is 2.42. The van der Waals surface area contributed by atoms with Gasteiger partial charge in [-0.2, -0.15) is 5.21 Å². The Labute approximate surface area is 208 Å². The molecule has 0 radical (unpaired) electrons. The predicted molar refractivity (Wildman–Crippen MR) is 131 cm³/mol. The highest BCUT2D eigenvalue weighted by atomic mass is 32.2. The first-order valence-corrected chi connectivity index (χ1v) is 13.6. The maximum absolute atomic E-state index is 14.6. The number of rotatable bonds is 6. The fourth-order valence-corrected chi connectivity index (χ4v) is 6.34. The van der Waals surface area contributed by atoms with E-state index in [4.69, 9.17) is 5.14 Å². The Balaban J connectivity index is 1.61. The number of primary sulfonamides is 1. The normalized spacial score (nSPS) is 20.9. The molecule has 0 amide bonds. The molecule has 2 aliphatic heterocycles. The van der Waals surface area contributed by atoms with Crippen molar-refractivity contribution in [3.63, 3.8) is 0 Å². The van der Waals surface area contributed by atoms with Crippen LogP contribution in [0.4, 0.5) is 8.78 Å². The number of hydrogen-bond acceptors (Lipinski definition) is 7. The molecule has 2 saturated heterocycles. The summed E-state index contributed by atoms with van der Waals surface area (Å²) < 4.78 is 55.0. The van der Waals surface area contributed by atoms with E-state index in [-0.39, 0.29) is 34.7 Å². The van der Waals surface area contributed by atoms with Gasteiger partial charge in [0.25, 0.3) is 5.92 Å². The number of nitrogens with two attached hydrogens (primary N) is 1. The third kappa shape index (κ3) is 5.03. The van der Waals surface area contributed by atoms with Crippen molar-refractivity contribution in [2.45, 2.75) is 42.4 Å². The van der Waals surface area contributed by atoms with Crippen molar-refractivity contribution in [3.05, 3.63) is 47.5 Å².